The Kier molecular flexibility index (Phi) is 5.10. The normalized spacial score (nSPS) is 11.5. The van der Waals surface area contributed by atoms with Crippen molar-refractivity contribution in [2.45, 2.75) is 20.4 Å². The third-order valence-electron chi connectivity index (χ3n) is 3.87. The predicted molar refractivity (Wildman–Crippen MR) is 108 cm³/mol. The van der Waals surface area contributed by atoms with E-state index in [1.807, 2.05) is 23.6 Å². The van der Waals surface area contributed by atoms with Crippen molar-refractivity contribution in [3.8, 4) is 5.75 Å². The van der Waals surface area contributed by atoms with Gasteiger partial charge in [0.25, 0.3) is 0 Å². The fourth-order valence-corrected chi connectivity index (χ4v) is 3.33. The Hall–Kier alpha value is -2.26. The lowest BCUT2D eigenvalue weighted by molar-refractivity contribution is -0.385. The lowest BCUT2D eigenvalue weighted by Crippen LogP contribution is -1.95. The van der Waals surface area contributed by atoms with Crippen molar-refractivity contribution in [1.82, 2.24) is 9.55 Å². The second kappa shape index (κ2) is 7.16. The second-order valence-corrected chi connectivity index (χ2v) is 7.36. The minimum atomic E-state index is -0.615. The number of aryl methyl sites for hydroxylation is 2. The van der Waals surface area contributed by atoms with E-state index < -0.39 is 10.7 Å². The number of aliphatic imine (C=N–C) groups is 1. The third-order valence-corrected chi connectivity index (χ3v) is 5.71. The van der Waals surface area contributed by atoms with Crippen LogP contribution in [0.5, 0.6) is 5.75 Å². The van der Waals surface area contributed by atoms with Crippen LogP contribution in [-0.2, 0) is 6.54 Å². The van der Waals surface area contributed by atoms with E-state index in [0.29, 0.717) is 18.1 Å². The number of nitro groups is 1. The Balaban J connectivity index is 2.11. The summed E-state index contributed by atoms with van der Waals surface area (Å²) < 4.78 is 3.71. The molecule has 1 N–H and O–H groups in total. The van der Waals surface area contributed by atoms with Gasteiger partial charge in [0.1, 0.15) is 0 Å². The van der Waals surface area contributed by atoms with Crippen molar-refractivity contribution in [2.75, 3.05) is 0 Å². The van der Waals surface area contributed by atoms with Crippen LogP contribution in [0.4, 0.5) is 11.6 Å². The number of rotatable bonds is 4. The van der Waals surface area contributed by atoms with E-state index in [4.69, 9.17) is 0 Å². The number of halogens is 2. The molecular formula is C17H14Br2N4O3. The molecule has 0 aliphatic carbocycles. The SMILES string of the molecule is CCn1c(/N=C/c2cc(C)cc([N+](=O)[O-])c2O)nc2cc(Br)c(Br)cc21. The summed E-state index contributed by atoms with van der Waals surface area (Å²) in [5, 5.41) is 21.2. The summed E-state index contributed by atoms with van der Waals surface area (Å²) in [6.45, 7) is 4.35. The van der Waals surface area contributed by atoms with E-state index >= 15 is 0 Å². The van der Waals surface area contributed by atoms with Crippen molar-refractivity contribution in [3.05, 3.63) is 54.5 Å². The van der Waals surface area contributed by atoms with E-state index in [1.54, 1.807) is 13.0 Å². The molecule has 0 amide bonds. The average Bonchev–Trinajstić information content (AvgIpc) is 2.91. The van der Waals surface area contributed by atoms with Gasteiger partial charge in [0, 0.05) is 33.3 Å². The largest absolute Gasteiger partial charge is 0.502 e. The summed E-state index contributed by atoms with van der Waals surface area (Å²) in [4.78, 5) is 19.3. The number of hydrogen-bond acceptors (Lipinski definition) is 5. The van der Waals surface area contributed by atoms with Crippen LogP contribution < -0.4 is 0 Å². The first-order chi connectivity index (χ1) is 12.3. The van der Waals surface area contributed by atoms with Gasteiger partial charge in [0.05, 0.1) is 16.0 Å². The van der Waals surface area contributed by atoms with E-state index in [-0.39, 0.29) is 11.3 Å². The molecule has 134 valence electrons. The van der Waals surface area contributed by atoms with Gasteiger partial charge in [-0.1, -0.05) is 0 Å². The molecule has 3 rings (SSSR count). The standard InChI is InChI=1S/C17H14Br2N4O3/c1-3-22-14-7-12(19)11(18)6-13(14)21-17(22)20-8-10-4-9(2)5-15(16(10)24)23(25)26/h4-8,24H,3H2,1-2H3/b20-8+. The molecule has 2 aromatic carbocycles. The summed E-state index contributed by atoms with van der Waals surface area (Å²) in [5.41, 5.74) is 2.27. The molecular weight excluding hydrogens is 468 g/mol. The van der Waals surface area contributed by atoms with E-state index in [0.717, 1.165) is 20.0 Å². The number of hydrogen-bond donors (Lipinski definition) is 1. The first-order valence-electron chi connectivity index (χ1n) is 7.69. The van der Waals surface area contributed by atoms with E-state index in [1.165, 1.54) is 12.3 Å². The number of phenols is 1. The van der Waals surface area contributed by atoms with Crippen LogP contribution >= 0.6 is 31.9 Å². The van der Waals surface area contributed by atoms with Crippen molar-refractivity contribution in [2.24, 2.45) is 4.99 Å². The minimum absolute atomic E-state index is 0.272. The maximum atomic E-state index is 11.1. The fourth-order valence-electron chi connectivity index (χ4n) is 2.67. The number of benzene rings is 2. The quantitative estimate of drug-likeness (QED) is 0.312. The van der Waals surface area contributed by atoms with Crippen LogP contribution in [0, 0.1) is 17.0 Å². The predicted octanol–water partition coefficient (Wildman–Crippen LogP) is 5.25. The van der Waals surface area contributed by atoms with Gasteiger partial charge in [-0.25, -0.2) is 9.98 Å². The Labute approximate surface area is 165 Å². The molecule has 0 spiro atoms. The molecule has 9 heteroatoms. The Morgan fingerprint density at radius 3 is 2.65 bits per heavy atom. The highest BCUT2D eigenvalue weighted by Gasteiger charge is 2.17. The van der Waals surface area contributed by atoms with Crippen LogP contribution in [0.15, 0.2) is 38.2 Å². The first kappa shape index (κ1) is 18.5. The summed E-state index contributed by atoms with van der Waals surface area (Å²) >= 11 is 6.94. The molecule has 26 heavy (non-hydrogen) atoms. The Morgan fingerprint density at radius 2 is 2.00 bits per heavy atom. The molecule has 3 aromatic rings. The molecule has 0 radical (unpaired) electrons. The molecule has 0 saturated carbocycles. The maximum Gasteiger partial charge on any atom is 0.311 e. The van der Waals surface area contributed by atoms with Crippen LogP contribution in [-0.4, -0.2) is 25.8 Å². The molecule has 1 heterocycles. The molecule has 0 atom stereocenters. The number of aromatic hydroxyl groups is 1. The number of aromatic nitrogens is 2. The van der Waals surface area contributed by atoms with Crippen LogP contribution in [0.2, 0.25) is 0 Å². The maximum absolute atomic E-state index is 11.1. The van der Waals surface area contributed by atoms with Crippen LogP contribution in [0.3, 0.4) is 0 Å². The molecule has 0 aliphatic heterocycles. The fraction of sp³-hybridized carbons (Fsp3) is 0.176. The monoisotopic (exact) mass is 480 g/mol. The number of imidazole rings is 1. The number of phenolic OH excluding ortho intramolecular Hbond substituents is 1. The average molecular weight is 482 g/mol. The van der Waals surface area contributed by atoms with Crippen molar-refractivity contribution < 1.29 is 10.0 Å². The minimum Gasteiger partial charge on any atom is -0.502 e. The smallest absolute Gasteiger partial charge is 0.311 e. The summed E-state index contributed by atoms with van der Waals surface area (Å²) in [6, 6.07) is 6.80. The van der Waals surface area contributed by atoms with E-state index in [9.17, 15) is 15.2 Å². The first-order valence-corrected chi connectivity index (χ1v) is 9.27. The molecule has 0 saturated heterocycles. The lowest BCUT2D eigenvalue weighted by atomic mass is 10.1. The van der Waals surface area contributed by atoms with Gasteiger partial charge in [0.2, 0.25) is 11.7 Å². The molecule has 1 aromatic heterocycles. The van der Waals surface area contributed by atoms with Gasteiger partial charge in [0.15, 0.2) is 0 Å². The van der Waals surface area contributed by atoms with Crippen molar-refractivity contribution in [3.63, 3.8) is 0 Å². The topological polar surface area (TPSA) is 93.5 Å². The van der Waals surface area contributed by atoms with Gasteiger partial charge >= 0.3 is 5.69 Å². The highest BCUT2D eigenvalue weighted by atomic mass is 79.9. The molecule has 0 bridgehead atoms. The Morgan fingerprint density at radius 1 is 1.31 bits per heavy atom. The van der Waals surface area contributed by atoms with Gasteiger partial charge in [-0.05, 0) is 69.5 Å². The van der Waals surface area contributed by atoms with E-state index in [2.05, 4.69) is 41.8 Å². The zero-order chi connectivity index (χ0) is 19.0. The molecule has 0 fully saturated rings. The Bertz CT molecular complexity index is 1060. The van der Waals surface area contributed by atoms with Crippen LogP contribution in [0.25, 0.3) is 11.0 Å². The summed E-state index contributed by atoms with van der Waals surface area (Å²) in [5.74, 6) is 0.0463. The number of nitrogens with zero attached hydrogens (tertiary/aromatic N) is 4. The zero-order valence-corrected chi connectivity index (χ0v) is 17.1. The highest BCUT2D eigenvalue weighted by molar-refractivity contribution is 9.13. The summed E-state index contributed by atoms with van der Waals surface area (Å²) in [7, 11) is 0. The van der Waals surface area contributed by atoms with Gasteiger partial charge in [-0.2, -0.15) is 0 Å². The van der Waals surface area contributed by atoms with Crippen molar-refractivity contribution >= 4 is 60.7 Å². The third kappa shape index (κ3) is 3.36. The molecule has 0 unspecified atom stereocenters. The van der Waals surface area contributed by atoms with Gasteiger partial charge in [-0.3, -0.25) is 10.1 Å². The molecule has 0 aliphatic rings. The lowest BCUT2D eigenvalue weighted by Gasteiger charge is -2.04. The molecule has 7 nitrogen and oxygen atoms in total. The summed E-state index contributed by atoms with van der Waals surface area (Å²) in [6.07, 6.45) is 1.40. The highest BCUT2D eigenvalue weighted by Crippen LogP contribution is 2.32. The van der Waals surface area contributed by atoms with Crippen molar-refractivity contribution in [1.29, 1.82) is 0 Å². The number of fused-ring (bicyclic) bond motifs is 1. The zero-order valence-electron chi connectivity index (χ0n) is 13.9. The second-order valence-electron chi connectivity index (χ2n) is 5.65. The van der Waals surface area contributed by atoms with Crippen LogP contribution in [0.1, 0.15) is 18.1 Å². The van der Waals surface area contributed by atoms with Gasteiger partial charge in [-0.15, -0.1) is 0 Å². The number of nitro benzene ring substituents is 1. The van der Waals surface area contributed by atoms with Gasteiger partial charge < -0.3 is 9.67 Å².